The van der Waals surface area contributed by atoms with Crippen LogP contribution in [0.25, 0.3) is 10.9 Å². The Morgan fingerprint density at radius 3 is 2.86 bits per heavy atom. The van der Waals surface area contributed by atoms with E-state index in [9.17, 15) is 4.39 Å². The van der Waals surface area contributed by atoms with E-state index in [4.69, 9.17) is 17.3 Å². The molecular weight excluding hydrogens is 287 g/mol. The van der Waals surface area contributed by atoms with Crippen LogP contribution in [0.4, 0.5) is 4.39 Å². The zero-order valence-electron chi connectivity index (χ0n) is 11.3. The number of hydrogen-bond donors (Lipinski definition) is 1. The van der Waals surface area contributed by atoms with Crippen LogP contribution < -0.4 is 5.73 Å². The summed E-state index contributed by atoms with van der Waals surface area (Å²) in [5, 5.41) is 1.55. The van der Waals surface area contributed by atoms with Crippen molar-refractivity contribution in [1.29, 1.82) is 0 Å². The number of benzene rings is 2. The van der Waals surface area contributed by atoms with Gasteiger partial charge in [0.25, 0.3) is 0 Å². The Labute approximate surface area is 127 Å². The van der Waals surface area contributed by atoms with E-state index in [2.05, 4.69) is 4.98 Å². The summed E-state index contributed by atoms with van der Waals surface area (Å²) in [6.45, 7) is 0. The molecule has 3 rings (SSSR count). The third-order valence-electron chi connectivity index (χ3n) is 3.53. The molecule has 0 aliphatic carbocycles. The molecule has 2 aromatic carbocycles. The summed E-state index contributed by atoms with van der Waals surface area (Å²) >= 11 is 6.11. The van der Waals surface area contributed by atoms with Crippen LogP contribution in [0.5, 0.6) is 0 Å². The van der Waals surface area contributed by atoms with Gasteiger partial charge in [-0.25, -0.2) is 4.39 Å². The maximum Gasteiger partial charge on any atom is 0.123 e. The molecule has 0 aliphatic heterocycles. The summed E-state index contributed by atoms with van der Waals surface area (Å²) in [6.07, 6.45) is 2.23. The van der Waals surface area contributed by atoms with E-state index in [0.717, 1.165) is 16.5 Å². The minimum Gasteiger partial charge on any atom is -0.324 e. The van der Waals surface area contributed by atoms with Crippen molar-refractivity contribution in [3.8, 4) is 0 Å². The Morgan fingerprint density at radius 2 is 2.00 bits per heavy atom. The van der Waals surface area contributed by atoms with Crippen LogP contribution in [0, 0.1) is 5.82 Å². The van der Waals surface area contributed by atoms with Crippen molar-refractivity contribution < 1.29 is 4.39 Å². The fraction of sp³-hybridized carbons (Fsp3) is 0.118. The second kappa shape index (κ2) is 5.80. The predicted molar refractivity (Wildman–Crippen MR) is 83.8 cm³/mol. The molecule has 0 spiro atoms. The molecule has 1 heterocycles. The highest BCUT2D eigenvalue weighted by atomic mass is 35.5. The van der Waals surface area contributed by atoms with Crippen LogP contribution in [0.1, 0.15) is 17.2 Å². The number of rotatable bonds is 3. The summed E-state index contributed by atoms with van der Waals surface area (Å²) < 4.78 is 13.3. The van der Waals surface area contributed by atoms with Gasteiger partial charge in [0.05, 0.1) is 5.52 Å². The van der Waals surface area contributed by atoms with Gasteiger partial charge in [0.1, 0.15) is 5.82 Å². The Hall–Kier alpha value is -1.97. The zero-order valence-corrected chi connectivity index (χ0v) is 12.0. The molecule has 1 unspecified atom stereocenters. The van der Waals surface area contributed by atoms with Gasteiger partial charge in [-0.2, -0.15) is 0 Å². The van der Waals surface area contributed by atoms with Gasteiger partial charge in [-0.1, -0.05) is 29.8 Å². The molecule has 21 heavy (non-hydrogen) atoms. The van der Waals surface area contributed by atoms with E-state index in [1.165, 1.54) is 12.1 Å². The molecule has 2 N–H and O–H groups in total. The molecule has 106 valence electrons. The first kappa shape index (κ1) is 14.0. The van der Waals surface area contributed by atoms with Gasteiger partial charge in [-0.05, 0) is 47.9 Å². The van der Waals surface area contributed by atoms with Gasteiger partial charge in [0, 0.05) is 22.6 Å². The number of nitrogens with two attached hydrogens (primary N) is 1. The lowest BCUT2D eigenvalue weighted by Crippen LogP contribution is -2.14. The molecule has 0 aliphatic rings. The lowest BCUT2D eigenvalue weighted by atomic mass is 9.96. The average Bonchev–Trinajstić information content (AvgIpc) is 2.50. The highest BCUT2D eigenvalue weighted by Gasteiger charge is 2.13. The monoisotopic (exact) mass is 300 g/mol. The van der Waals surface area contributed by atoms with Crippen molar-refractivity contribution in [2.24, 2.45) is 5.73 Å². The molecule has 1 atom stereocenters. The van der Waals surface area contributed by atoms with Crippen LogP contribution >= 0.6 is 11.6 Å². The lowest BCUT2D eigenvalue weighted by Gasteiger charge is -2.15. The van der Waals surface area contributed by atoms with Crippen molar-refractivity contribution in [3.63, 3.8) is 0 Å². The Kier molecular flexibility index (Phi) is 3.86. The van der Waals surface area contributed by atoms with Crippen LogP contribution in [0.3, 0.4) is 0 Å². The standard InChI is InChI=1S/C17H14ClFN2/c18-15-7-6-12(19)9-11(15)10-16(20)13-3-1-5-17-14(13)4-2-8-21-17/h1-9,16H,10,20H2. The van der Waals surface area contributed by atoms with E-state index in [0.29, 0.717) is 17.0 Å². The lowest BCUT2D eigenvalue weighted by molar-refractivity contribution is 0.622. The first-order chi connectivity index (χ1) is 10.1. The summed E-state index contributed by atoms with van der Waals surface area (Å²) in [7, 11) is 0. The van der Waals surface area contributed by atoms with Gasteiger partial charge in [0.15, 0.2) is 0 Å². The van der Waals surface area contributed by atoms with Crippen molar-refractivity contribution in [2.75, 3.05) is 0 Å². The average molecular weight is 301 g/mol. The number of fused-ring (bicyclic) bond motifs is 1. The highest BCUT2D eigenvalue weighted by Crippen LogP contribution is 2.27. The third-order valence-corrected chi connectivity index (χ3v) is 3.90. The fourth-order valence-electron chi connectivity index (χ4n) is 2.50. The molecule has 0 saturated carbocycles. The quantitative estimate of drug-likeness (QED) is 0.784. The Balaban J connectivity index is 1.97. The van der Waals surface area contributed by atoms with Crippen molar-refractivity contribution in [1.82, 2.24) is 4.98 Å². The number of pyridine rings is 1. The molecule has 4 heteroatoms. The molecule has 0 amide bonds. The molecule has 0 radical (unpaired) electrons. The summed E-state index contributed by atoms with van der Waals surface area (Å²) in [4.78, 5) is 4.32. The van der Waals surface area contributed by atoms with Crippen molar-refractivity contribution in [3.05, 3.63) is 76.7 Å². The SMILES string of the molecule is NC(Cc1cc(F)ccc1Cl)c1cccc2ncccc12. The summed E-state index contributed by atoms with van der Waals surface area (Å²) in [5.41, 5.74) is 8.90. The van der Waals surface area contributed by atoms with Crippen LogP contribution in [-0.4, -0.2) is 4.98 Å². The van der Waals surface area contributed by atoms with Gasteiger partial charge in [0.2, 0.25) is 0 Å². The molecule has 0 bridgehead atoms. The van der Waals surface area contributed by atoms with E-state index in [1.807, 2.05) is 30.3 Å². The minimum atomic E-state index is -0.304. The van der Waals surface area contributed by atoms with Crippen molar-refractivity contribution >= 4 is 22.5 Å². The van der Waals surface area contributed by atoms with Crippen LogP contribution in [-0.2, 0) is 6.42 Å². The number of hydrogen-bond acceptors (Lipinski definition) is 2. The maximum atomic E-state index is 13.3. The molecular formula is C17H14ClFN2. The normalized spacial score (nSPS) is 12.5. The van der Waals surface area contributed by atoms with Gasteiger partial charge >= 0.3 is 0 Å². The maximum absolute atomic E-state index is 13.3. The minimum absolute atomic E-state index is 0.266. The van der Waals surface area contributed by atoms with Gasteiger partial charge < -0.3 is 5.73 Å². The van der Waals surface area contributed by atoms with Gasteiger partial charge in [-0.15, -0.1) is 0 Å². The zero-order chi connectivity index (χ0) is 14.8. The fourth-order valence-corrected chi connectivity index (χ4v) is 2.69. The molecule has 0 saturated heterocycles. The summed E-state index contributed by atoms with van der Waals surface area (Å²) in [6, 6.07) is 13.8. The van der Waals surface area contributed by atoms with Crippen LogP contribution in [0.2, 0.25) is 5.02 Å². The van der Waals surface area contributed by atoms with E-state index >= 15 is 0 Å². The number of aromatic nitrogens is 1. The topological polar surface area (TPSA) is 38.9 Å². The Morgan fingerprint density at radius 1 is 1.14 bits per heavy atom. The van der Waals surface area contributed by atoms with Gasteiger partial charge in [-0.3, -0.25) is 4.98 Å². The van der Waals surface area contributed by atoms with Crippen molar-refractivity contribution in [2.45, 2.75) is 12.5 Å². The second-order valence-corrected chi connectivity index (χ2v) is 5.37. The molecule has 2 nitrogen and oxygen atoms in total. The van der Waals surface area contributed by atoms with E-state index in [-0.39, 0.29) is 11.9 Å². The first-order valence-electron chi connectivity index (χ1n) is 6.68. The summed E-state index contributed by atoms with van der Waals surface area (Å²) in [5.74, 6) is -0.304. The van der Waals surface area contributed by atoms with E-state index < -0.39 is 0 Å². The molecule has 3 aromatic rings. The first-order valence-corrected chi connectivity index (χ1v) is 7.06. The van der Waals surface area contributed by atoms with Crippen LogP contribution in [0.15, 0.2) is 54.7 Å². The number of halogens is 2. The molecule has 1 aromatic heterocycles. The smallest absolute Gasteiger partial charge is 0.123 e. The van der Waals surface area contributed by atoms with E-state index in [1.54, 1.807) is 12.3 Å². The number of nitrogens with zero attached hydrogens (tertiary/aromatic N) is 1. The predicted octanol–water partition coefficient (Wildman–Crippen LogP) is 4.27. The highest BCUT2D eigenvalue weighted by molar-refractivity contribution is 6.31. The molecule has 0 fully saturated rings. The Bertz CT molecular complexity index is 783. The third kappa shape index (κ3) is 2.89. The second-order valence-electron chi connectivity index (χ2n) is 4.96. The largest absolute Gasteiger partial charge is 0.324 e.